The minimum absolute atomic E-state index is 0.189. The fourth-order valence-corrected chi connectivity index (χ4v) is 3.72. The van der Waals surface area contributed by atoms with Gasteiger partial charge in [0, 0.05) is 18.8 Å². The van der Waals surface area contributed by atoms with Gasteiger partial charge in [-0.1, -0.05) is 18.2 Å². The molecule has 0 atom stereocenters. The molecular weight excluding hydrogens is 402 g/mol. The Kier molecular flexibility index (Phi) is 4.82. The molecule has 0 aliphatic carbocycles. The number of imidazole rings is 1. The van der Waals surface area contributed by atoms with Crippen LogP contribution in [0.2, 0.25) is 0 Å². The lowest BCUT2D eigenvalue weighted by Crippen LogP contribution is -2.14. The van der Waals surface area contributed by atoms with E-state index >= 15 is 0 Å². The van der Waals surface area contributed by atoms with Crippen molar-refractivity contribution in [1.82, 2.24) is 24.1 Å². The molecule has 1 amide bonds. The number of nitrogens with zero attached hydrogens (tertiary/aromatic N) is 5. The van der Waals surface area contributed by atoms with Crippen molar-refractivity contribution >= 4 is 34.2 Å². The van der Waals surface area contributed by atoms with Gasteiger partial charge >= 0.3 is 0 Å². The number of anilines is 2. The SMILES string of the molecule is Cc1cc2nc(NCc3ccnn3C)c3ncc(NC(=O)c4ccccc4)n3c2cc1C. The van der Waals surface area contributed by atoms with E-state index in [0.29, 0.717) is 29.4 Å². The molecule has 3 heterocycles. The van der Waals surface area contributed by atoms with Crippen LogP contribution in [-0.2, 0) is 13.6 Å². The number of aromatic nitrogens is 5. The van der Waals surface area contributed by atoms with Crippen LogP contribution < -0.4 is 10.6 Å². The summed E-state index contributed by atoms with van der Waals surface area (Å²) >= 11 is 0. The van der Waals surface area contributed by atoms with Gasteiger partial charge in [0.15, 0.2) is 11.5 Å². The van der Waals surface area contributed by atoms with Crippen LogP contribution in [0, 0.1) is 13.8 Å². The highest BCUT2D eigenvalue weighted by molar-refractivity contribution is 6.04. The predicted molar refractivity (Wildman–Crippen MR) is 125 cm³/mol. The van der Waals surface area contributed by atoms with Crippen molar-refractivity contribution in [2.75, 3.05) is 10.6 Å². The number of nitrogens with one attached hydrogen (secondary N) is 2. The van der Waals surface area contributed by atoms with Gasteiger partial charge in [0.05, 0.1) is 29.5 Å². The summed E-state index contributed by atoms with van der Waals surface area (Å²) in [6.07, 6.45) is 3.43. The average molecular weight is 425 g/mol. The number of aryl methyl sites for hydroxylation is 3. The van der Waals surface area contributed by atoms with Gasteiger partial charge in [0.1, 0.15) is 5.82 Å². The first-order valence-corrected chi connectivity index (χ1v) is 10.4. The first-order chi connectivity index (χ1) is 15.5. The second-order valence-electron chi connectivity index (χ2n) is 7.81. The van der Waals surface area contributed by atoms with E-state index in [2.05, 4.69) is 46.7 Å². The molecule has 0 spiro atoms. The summed E-state index contributed by atoms with van der Waals surface area (Å²) in [7, 11) is 1.90. The zero-order valence-corrected chi connectivity index (χ0v) is 18.1. The Hall–Kier alpha value is -4.20. The summed E-state index contributed by atoms with van der Waals surface area (Å²) in [5.74, 6) is 1.04. The van der Waals surface area contributed by atoms with E-state index in [0.717, 1.165) is 27.9 Å². The maximum absolute atomic E-state index is 12.8. The van der Waals surface area contributed by atoms with Gasteiger partial charge in [-0.2, -0.15) is 5.10 Å². The monoisotopic (exact) mass is 425 g/mol. The maximum Gasteiger partial charge on any atom is 0.256 e. The van der Waals surface area contributed by atoms with Crippen molar-refractivity contribution in [3.05, 3.63) is 83.3 Å². The van der Waals surface area contributed by atoms with Crippen molar-refractivity contribution in [2.24, 2.45) is 7.05 Å². The van der Waals surface area contributed by atoms with Crippen molar-refractivity contribution in [3.8, 4) is 0 Å². The Morgan fingerprint density at radius 2 is 1.84 bits per heavy atom. The summed E-state index contributed by atoms with van der Waals surface area (Å²) in [5, 5.41) is 10.6. The van der Waals surface area contributed by atoms with E-state index in [-0.39, 0.29) is 5.91 Å². The number of carbonyl (C=O) groups excluding carboxylic acids is 1. The molecular formula is C24H23N7O. The maximum atomic E-state index is 12.8. The molecule has 0 aliphatic rings. The summed E-state index contributed by atoms with van der Waals surface area (Å²) in [6.45, 7) is 4.68. The molecule has 160 valence electrons. The second-order valence-corrected chi connectivity index (χ2v) is 7.81. The number of amides is 1. The van der Waals surface area contributed by atoms with Gasteiger partial charge in [0.25, 0.3) is 5.91 Å². The van der Waals surface area contributed by atoms with Crippen molar-refractivity contribution < 1.29 is 4.79 Å². The molecule has 0 radical (unpaired) electrons. The number of carbonyl (C=O) groups is 1. The number of rotatable bonds is 5. The third kappa shape index (κ3) is 3.45. The lowest BCUT2D eigenvalue weighted by atomic mass is 10.1. The Labute approximate surface area is 184 Å². The zero-order valence-electron chi connectivity index (χ0n) is 18.1. The smallest absolute Gasteiger partial charge is 0.256 e. The lowest BCUT2D eigenvalue weighted by Gasteiger charge is -2.13. The van der Waals surface area contributed by atoms with E-state index < -0.39 is 0 Å². The van der Waals surface area contributed by atoms with Crippen LogP contribution in [0.4, 0.5) is 11.6 Å². The number of hydrogen-bond acceptors (Lipinski definition) is 5. The van der Waals surface area contributed by atoms with Crippen LogP contribution in [0.15, 0.2) is 60.9 Å². The highest BCUT2D eigenvalue weighted by Gasteiger charge is 2.17. The molecule has 0 fully saturated rings. The second kappa shape index (κ2) is 7.81. The van der Waals surface area contributed by atoms with Crippen LogP contribution >= 0.6 is 0 Å². The minimum atomic E-state index is -0.189. The number of benzene rings is 2. The van der Waals surface area contributed by atoms with Crippen molar-refractivity contribution in [3.63, 3.8) is 0 Å². The van der Waals surface area contributed by atoms with E-state index in [4.69, 9.17) is 4.98 Å². The summed E-state index contributed by atoms with van der Waals surface area (Å²) in [5.41, 5.74) is 6.25. The fraction of sp³-hybridized carbons (Fsp3) is 0.167. The van der Waals surface area contributed by atoms with E-state index in [1.165, 1.54) is 0 Å². The standard InChI is InChI=1S/C24H23N7O/c1-15-11-19-20(12-16(15)2)31-21(29-24(32)17-7-5-4-6-8-17)14-26-23(31)22(28-19)25-13-18-9-10-27-30(18)3/h4-12,14H,13H2,1-3H3,(H,25,28)(H,29,32). The zero-order chi connectivity index (χ0) is 22.2. The van der Waals surface area contributed by atoms with E-state index in [9.17, 15) is 4.79 Å². The topological polar surface area (TPSA) is 89.1 Å². The Bertz CT molecular complexity index is 1450. The molecule has 3 aromatic heterocycles. The van der Waals surface area contributed by atoms with Crippen LogP contribution in [0.1, 0.15) is 27.2 Å². The normalized spacial score (nSPS) is 11.2. The fourth-order valence-electron chi connectivity index (χ4n) is 3.72. The van der Waals surface area contributed by atoms with Gasteiger partial charge in [-0.3, -0.25) is 13.9 Å². The van der Waals surface area contributed by atoms with Gasteiger partial charge in [-0.15, -0.1) is 0 Å². The van der Waals surface area contributed by atoms with Gasteiger partial charge < -0.3 is 10.6 Å². The van der Waals surface area contributed by atoms with Gasteiger partial charge in [-0.05, 0) is 55.3 Å². The van der Waals surface area contributed by atoms with E-state index in [1.54, 1.807) is 24.5 Å². The Morgan fingerprint density at radius 3 is 2.59 bits per heavy atom. The summed E-state index contributed by atoms with van der Waals surface area (Å²) in [4.78, 5) is 22.3. The Balaban J connectivity index is 1.62. The molecule has 0 bridgehead atoms. The molecule has 0 saturated carbocycles. The van der Waals surface area contributed by atoms with Crippen LogP contribution in [0.5, 0.6) is 0 Å². The third-order valence-electron chi connectivity index (χ3n) is 5.67. The molecule has 2 N–H and O–H groups in total. The molecule has 0 saturated heterocycles. The summed E-state index contributed by atoms with van der Waals surface area (Å²) in [6, 6.07) is 15.2. The first-order valence-electron chi connectivity index (χ1n) is 10.4. The number of hydrogen-bond donors (Lipinski definition) is 2. The largest absolute Gasteiger partial charge is 0.361 e. The Morgan fingerprint density at radius 1 is 1.06 bits per heavy atom. The first kappa shape index (κ1) is 19.7. The third-order valence-corrected chi connectivity index (χ3v) is 5.67. The molecule has 5 aromatic rings. The highest BCUT2D eigenvalue weighted by atomic mass is 16.1. The lowest BCUT2D eigenvalue weighted by molar-refractivity contribution is 0.102. The van der Waals surface area contributed by atoms with Crippen molar-refractivity contribution in [2.45, 2.75) is 20.4 Å². The number of fused-ring (bicyclic) bond motifs is 3. The molecule has 0 unspecified atom stereocenters. The van der Waals surface area contributed by atoms with Crippen molar-refractivity contribution in [1.29, 1.82) is 0 Å². The van der Waals surface area contributed by atoms with E-state index in [1.807, 2.05) is 40.4 Å². The minimum Gasteiger partial charge on any atom is -0.361 e. The van der Waals surface area contributed by atoms with Gasteiger partial charge in [0.2, 0.25) is 0 Å². The molecule has 32 heavy (non-hydrogen) atoms. The van der Waals surface area contributed by atoms with Gasteiger partial charge in [-0.25, -0.2) is 9.97 Å². The molecule has 8 nitrogen and oxygen atoms in total. The molecule has 2 aromatic carbocycles. The van der Waals surface area contributed by atoms with Crippen LogP contribution in [0.25, 0.3) is 16.7 Å². The highest BCUT2D eigenvalue weighted by Crippen LogP contribution is 2.28. The molecule has 5 rings (SSSR count). The quantitative estimate of drug-likeness (QED) is 0.443. The van der Waals surface area contributed by atoms with Crippen LogP contribution in [-0.4, -0.2) is 30.1 Å². The summed E-state index contributed by atoms with van der Waals surface area (Å²) < 4.78 is 3.76. The molecule has 0 aliphatic heterocycles. The predicted octanol–water partition coefficient (Wildman–Crippen LogP) is 4.10. The average Bonchev–Trinajstić information content (AvgIpc) is 3.40. The molecule has 8 heteroatoms. The van der Waals surface area contributed by atoms with Crippen LogP contribution in [0.3, 0.4) is 0 Å².